The van der Waals surface area contributed by atoms with E-state index in [4.69, 9.17) is 16.7 Å². The number of nitrogens with one attached hydrogen (secondary N) is 1. The fourth-order valence-electron chi connectivity index (χ4n) is 1.44. The summed E-state index contributed by atoms with van der Waals surface area (Å²) in [5.74, 6) is -1.64. The Balaban J connectivity index is 2.54. The lowest BCUT2D eigenvalue weighted by Crippen LogP contribution is -1.96. The molecule has 0 saturated carbocycles. The number of hydrogen-bond acceptors (Lipinski definition) is 1. The number of halogens is 2. The maximum Gasteiger partial charge on any atom is 0.337 e. The second kappa shape index (κ2) is 3.98. The smallest absolute Gasteiger partial charge is 0.337 e. The number of aromatic amines is 1. The Morgan fingerprint density at radius 1 is 1.38 bits per heavy atom. The Bertz CT molecular complexity index is 551. The van der Waals surface area contributed by atoms with Crippen molar-refractivity contribution in [3.63, 3.8) is 0 Å². The van der Waals surface area contributed by atoms with Gasteiger partial charge in [-0.15, -0.1) is 0 Å². The molecule has 0 spiro atoms. The van der Waals surface area contributed by atoms with Crippen molar-refractivity contribution in [1.29, 1.82) is 0 Å². The van der Waals surface area contributed by atoms with Crippen LogP contribution >= 0.6 is 11.6 Å². The molecule has 0 bridgehead atoms. The molecule has 0 unspecified atom stereocenters. The largest absolute Gasteiger partial charge is 0.478 e. The van der Waals surface area contributed by atoms with E-state index in [0.717, 1.165) is 0 Å². The molecule has 3 nitrogen and oxygen atoms in total. The summed E-state index contributed by atoms with van der Waals surface area (Å²) < 4.78 is 13.2. The number of carboxylic acids is 1. The summed E-state index contributed by atoms with van der Waals surface area (Å²) in [5.41, 5.74) is 1.00. The molecule has 2 N–H and O–H groups in total. The van der Waals surface area contributed by atoms with Gasteiger partial charge in [0, 0.05) is 18.0 Å². The first-order valence-electron chi connectivity index (χ1n) is 4.45. The molecule has 0 fully saturated rings. The Morgan fingerprint density at radius 3 is 2.75 bits per heavy atom. The first-order chi connectivity index (χ1) is 7.59. The summed E-state index contributed by atoms with van der Waals surface area (Å²) in [6, 6.07) is 4.17. The van der Waals surface area contributed by atoms with E-state index in [-0.39, 0.29) is 10.6 Å². The van der Waals surface area contributed by atoms with E-state index >= 15 is 0 Å². The minimum Gasteiger partial charge on any atom is -0.478 e. The van der Waals surface area contributed by atoms with Crippen LogP contribution in [0.4, 0.5) is 4.39 Å². The van der Waals surface area contributed by atoms with E-state index in [9.17, 15) is 9.18 Å². The Labute approximate surface area is 95.5 Å². The van der Waals surface area contributed by atoms with E-state index in [1.807, 2.05) is 0 Å². The lowest BCUT2D eigenvalue weighted by Gasteiger charge is -2.01. The molecule has 0 atom stereocenters. The number of rotatable bonds is 2. The van der Waals surface area contributed by atoms with Crippen molar-refractivity contribution in [2.24, 2.45) is 0 Å². The second-order valence-corrected chi connectivity index (χ2v) is 3.62. The summed E-state index contributed by atoms with van der Waals surface area (Å²) in [4.78, 5) is 13.5. The normalized spacial score (nSPS) is 10.4. The molecule has 5 heteroatoms. The average Bonchev–Trinajstić information content (AvgIpc) is 2.71. The monoisotopic (exact) mass is 239 g/mol. The molecule has 1 aromatic heterocycles. The Hall–Kier alpha value is -1.81. The van der Waals surface area contributed by atoms with E-state index in [2.05, 4.69) is 4.98 Å². The van der Waals surface area contributed by atoms with E-state index in [0.29, 0.717) is 11.1 Å². The van der Waals surface area contributed by atoms with Gasteiger partial charge in [0.2, 0.25) is 0 Å². The third-order valence-electron chi connectivity index (χ3n) is 2.21. The number of aromatic carboxylic acids is 1. The van der Waals surface area contributed by atoms with Crippen LogP contribution in [0.5, 0.6) is 0 Å². The minimum atomic E-state index is -1.06. The first kappa shape index (κ1) is 10.7. The van der Waals surface area contributed by atoms with Crippen LogP contribution in [0.15, 0.2) is 30.6 Å². The van der Waals surface area contributed by atoms with Crippen molar-refractivity contribution in [3.8, 4) is 11.1 Å². The van der Waals surface area contributed by atoms with Gasteiger partial charge in [-0.25, -0.2) is 9.18 Å². The van der Waals surface area contributed by atoms with Crippen LogP contribution in [-0.2, 0) is 0 Å². The van der Waals surface area contributed by atoms with Crippen LogP contribution < -0.4 is 0 Å². The Morgan fingerprint density at radius 2 is 2.12 bits per heavy atom. The molecule has 2 rings (SSSR count). The van der Waals surface area contributed by atoms with E-state index < -0.39 is 11.8 Å². The van der Waals surface area contributed by atoms with Crippen molar-refractivity contribution in [2.45, 2.75) is 0 Å². The van der Waals surface area contributed by atoms with Gasteiger partial charge in [0.1, 0.15) is 5.82 Å². The summed E-state index contributed by atoms with van der Waals surface area (Å²) in [7, 11) is 0. The van der Waals surface area contributed by atoms with Crippen molar-refractivity contribution < 1.29 is 14.3 Å². The van der Waals surface area contributed by atoms with Gasteiger partial charge in [-0.1, -0.05) is 17.7 Å². The van der Waals surface area contributed by atoms with Gasteiger partial charge < -0.3 is 10.1 Å². The number of benzene rings is 1. The molecule has 0 saturated heterocycles. The molecule has 0 radical (unpaired) electrons. The van der Waals surface area contributed by atoms with E-state index in [1.54, 1.807) is 6.07 Å². The zero-order chi connectivity index (χ0) is 11.7. The molecule has 1 aromatic carbocycles. The number of aromatic nitrogens is 1. The third kappa shape index (κ3) is 1.79. The zero-order valence-electron chi connectivity index (χ0n) is 8.00. The molecule has 0 aliphatic carbocycles. The number of H-pyrrole nitrogens is 1. The van der Waals surface area contributed by atoms with Gasteiger partial charge in [-0.2, -0.15) is 0 Å². The van der Waals surface area contributed by atoms with E-state index in [1.165, 1.54) is 24.5 Å². The van der Waals surface area contributed by atoms with Gasteiger partial charge in [0.25, 0.3) is 0 Å². The number of hydrogen-bond donors (Lipinski definition) is 2. The lowest BCUT2D eigenvalue weighted by atomic mass is 10.0. The summed E-state index contributed by atoms with van der Waals surface area (Å²) in [6.07, 6.45) is 2.86. The predicted octanol–water partition coefficient (Wildman–Crippen LogP) is 3.17. The maximum atomic E-state index is 13.2. The van der Waals surface area contributed by atoms with Crippen molar-refractivity contribution in [3.05, 3.63) is 47.0 Å². The van der Waals surface area contributed by atoms with Gasteiger partial charge in [-0.3, -0.25) is 0 Å². The molecule has 0 amide bonds. The highest BCUT2D eigenvalue weighted by Gasteiger charge is 2.13. The fourth-order valence-corrected chi connectivity index (χ4v) is 1.56. The van der Waals surface area contributed by atoms with Crippen LogP contribution in [0.2, 0.25) is 5.02 Å². The van der Waals surface area contributed by atoms with Gasteiger partial charge >= 0.3 is 5.97 Å². The first-order valence-corrected chi connectivity index (χ1v) is 4.83. The highest BCUT2D eigenvalue weighted by Crippen LogP contribution is 2.26. The van der Waals surface area contributed by atoms with Crippen molar-refractivity contribution in [1.82, 2.24) is 4.98 Å². The van der Waals surface area contributed by atoms with Crippen molar-refractivity contribution in [2.75, 3.05) is 0 Å². The van der Waals surface area contributed by atoms with Crippen molar-refractivity contribution >= 4 is 17.6 Å². The van der Waals surface area contributed by atoms with Crippen LogP contribution in [0, 0.1) is 5.82 Å². The van der Waals surface area contributed by atoms with Gasteiger partial charge in [-0.05, 0) is 17.7 Å². The molecule has 0 aliphatic rings. The standard InChI is InChI=1S/C11H7ClFNO2/c12-9-2-1-6(3-10(9)13)7-4-14-5-8(7)11(15)16/h1-5,14H,(H,15,16). The fraction of sp³-hybridized carbons (Fsp3) is 0. The topological polar surface area (TPSA) is 53.1 Å². The van der Waals surface area contributed by atoms with Crippen LogP contribution in [0.1, 0.15) is 10.4 Å². The molecule has 16 heavy (non-hydrogen) atoms. The number of carboxylic acid groups (broad SMARTS) is 1. The van der Waals surface area contributed by atoms with Crippen LogP contribution in [-0.4, -0.2) is 16.1 Å². The van der Waals surface area contributed by atoms with Gasteiger partial charge in [0.05, 0.1) is 10.6 Å². The molecule has 2 aromatic rings. The molecular formula is C11H7ClFNO2. The zero-order valence-corrected chi connectivity index (χ0v) is 8.75. The summed E-state index contributed by atoms with van der Waals surface area (Å²) in [6.45, 7) is 0. The second-order valence-electron chi connectivity index (χ2n) is 3.22. The molecular weight excluding hydrogens is 233 g/mol. The summed E-state index contributed by atoms with van der Waals surface area (Å²) >= 11 is 5.55. The van der Waals surface area contributed by atoms with Gasteiger partial charge in [0.15, 0.2) is 0 Å². The highest BCUT2D eigenvalue weighted by molar-refractivity contribution is 6.30. The van der Waals surface area contributed by atoms with Crippen LogP contribution in [0.3, 0.4) is 0 Å². The van der Waals surface area contributed by atoms with Crippen LogP contribution in [0.25, 0.3) is 11.1 Å². The SMILES string of the molecule is O=C(O)c1c[nH]cc1-c1ccc(Cl)c(F)c1. The quantitative estimate of drug-likeness (QED) is 0.846. The molecule has 1 heterocycles. The highest BCUT2D eigenvalue weighted by atomic mass is 35.5. The summed E-state index contributed by atoms with van der Waals surface area (Å²) in [5, 5.41) is 8.91. The number of carbonyl (C=O) groups is 1. The third-order valence-corrected chi connectivity index (χ3v) is 2.51. The molecule has 0 aliphatic heterocycles. The lowest BCUT2D eigenvalue weighted by molar-refractivity contribution is 0.0698. The minimum absolute atomic E-state index is 0.0103. The molecule has 82 valence electrons. The Kier molecular flexibility index (Phi) is 2.66. The average molecular weight is 240 g/mol. The predicted molar refractivity (Wildman–Crippen MR) is 58.2 cm³/mol. The maximum absolute atomic E-state index is 13.2.